The minimum atomic E-state index is -0.0753. The van der Waals surface area contributed by atoms with E-state index >= 15 is 0 Å². The summed E-state index contributed by atoms with van der Waals surface area (Å²) in [6, 6.07) is 19.3. The van der Waals surface area contributed by atoms with E-state index in [4.69, 9.17) is 4.98 Å². The van der Waals surface area contributed by atoms with Crippen molar-refractivity contribution in [2.75, 3.05) is 11.2 Å². The van der Waals surface area contributed by atoms with Crippen molar-refractivity contribution < 1.29 is 4.79 Å². The van der Waals surface area contributed by atoms with Crippen molar-refractivity contribution >= 4 is 60.3 Å². The van der Waals surface area contributed by atoms with Gasteiger partial charge in [-0.25, -0.2) is 4.98 Å². The first kappa shape index (κ1) is 19.1. The number of anilines is 1. The largest absolute Gasteiger partial charge is 0.278 e. The third kappa shape index (κ3) is 3.97. The Morgan fingerprint density at radius 3 is 2.75 bits per heavy atom. The molecule has 0 atom stereocenters. The first-order valence-corrected chi connectivity index (χ1v) is 11.4. The molecule has 0 N–H and O–H groups in total. The first-order chi connectivity index (χ1) is 13.7. The zero-order valence-electron chi connectivity index (χ0n) is 15.0. The third-order valence-corrected chi connectivity index (χ3v) is 6.53. The Hall–Kier alpha value is -2.22. The molecule has 0 saturated heterocycles. The van der Waals surface area contributed by atoms with Crippen LogP contribution in [0.2, 0.25) is 0 Å². The second-order valence-electron chi connectivity index (χ2n) is 6.02. The van der Waals surface area contributed by atoms with Gasteiger partial charge in [0.1, 0.15) is 0 Å². The van der Waals surface area contributed by atoms with Crippen LogP contribution in [0, 0.1) is 0 Å². The zero-order chi connectivity index (χ0) is 19.5. The molecule has 0 aliphatic carbocycles. The van der Waals surface area contributed by atoms with Crippen molar-refractivity contribution in [1.29, 1.82) is 0 Å². The monoisotopic (exact) mass is 469 g/mol. The molecular formula is C21H16BrN3OS2. The number of aromatic nitrogens is 2. The van der Waals surface area contributed by atoms with Crippen molar-refractivity contribution in [2.24, 2.45) is 0 Å². The number of carbonyl (C=O) groups excluding carboxylic acids is 1. The van der Waals surface area contributed by atoms with Gasteiger partial charge in [0.15, 0.2) is 5.13 Å². The summed E-state index contributed by atoms with van der Waals surface area (Å²) >= 11 is 6.57. The topological polar surface area (TPSA) is 46.1 Å². The Kier molecular flexibility index (Phi) is 5.75. The van der Waals surface area contributed by atoms with Crippen LogP contribution >= 0.6 is 39.0 Å². The molecule has 140 valence electrons. The molecule has 4 nitrogen and oxygen atoms in total. The molecule has 2 aromatic carbocycles. The summed E-state index contributed by atoms with van der Waals surface area (Å²) in [6.45, 7) is 0.364. The van der Waals surface area contributed by atoms with Crippen molar-refractivity contribution in [2.45, 2.75) is 11.4 Å². The van der Waals surface area contributed by atoms with Gasteiger partial charge in [-0.05, 0) is 48.7 Å². The van der Waals surface area contributed by atoms with Gasteiger partial charge >= 0.3 is 0 Å². The molecule has 1 amide bonds. The first-order valence-electron chi connectivity index (χ1n) is 8.56. The average Bonchev–Trinajstić information content (AvgIpc) is 3.15. The van der Waals surface area contributed by atoms with E-state index in [1.54, 1.807) is 22.9 Å². The van der Waals surface area contributed by atoms with E-state index < -0.39 is 0 Å². The second-order valence-corrected chi connectivity index (χ2v) is 8.79. The van der Waals surface area contributed by atoms with Crippen LogP contribution in [0.1, 0.15) is 16.1 Å². The van der Waals surface area contributed by atoms with Gasteiger partial charge in [-0.15, -0.1) is 11.8 Å². The second kappa shape index (κ2) is 8.43. The maximum absolute atomic E-state index is 13.5. The summed E-state index contributed by atoms with van der Waals surface area (Å²) in [5.41, 5.74) is 2.37. The molecule has 4 aromatic rings. The molecule has 28 heavy (non-hydrogen) atoms. The SMILES string of the molecule is CSc1ccccc1C(=O)N(Cc1ccccn1)c1nc2ccc(Br)cc2s1. The molecule has 2 heterocycles. The summed E-state index contributed by atoms with van der Waals surface area (Å²) in [5.74, 6) is -0.0753. The standard InChI is InChI=1S/C21H16BrN3OS2/c1-27-18-8-3-2-7-16(18)20(26)25(13-15-6-4-5-11-23-15)21-24-17-10-9-14(22)12-19(17)28-21/h2-12H,13H2,1H3. The molecule has 0 fully saturated rings. The maximum atomic E-state index is 13.5. The number of nitrogens with zero attached hydrogens (tertiary/aromatic N) is 3. The highest BCUT2D eigenvalue weighted by atomic mass is 79.9. The van der Waals surface area contributed by atoms with Crippen LogP contribution in [-0.4, -0.2) is 22.1 Å². The highest BCUT2D eigenvalue weighted by Gasteiger charge is 2.24. The van der Waals surface area contributed by atoms with E-state index in [0.29, 0.717) is 17.2 Å². The Bertz CT molecular complexity index is 1130. The fourth-order valence-electron chi connectivity index (χ4n) is 2.85. The normalized spacial score (nSPS) is 10.9. The fraction of sp³-hybridized carbons (Fsp3) is 0.0952. The van der Waals surface area contributed by atoms with E-state index in [1.165, 1.54) is 11.3 Å². The van der Waals surface area contributed by atoms with Crippen LogP contribution in [0.25, 0.3) is 10.2 Å². The lowest BCUT2D eigenvalue weighted by atomic mass is 10.2. The quantitative estimate of drug-likeness (QED) is 0.335. The summed E-state index contributed by atoms with van der Waals surface area (Å²) in [6.07, 6.45) is 3.72. The van der Waals surface area contributed by atoms with Crippen molar-refractivity contribution in [1.82, 2.24) is 9.97 Å². The van der Waals surface area contributed by atoms with Gasteiger partial charge in [0.05, 0.1) is 28.0 Å². The van der Waals surface area contributed by atoms with Crippen LogP contribution in [0.15, 0.2) is 76.2 Å². The van der Waals surface area contributed by atoms with E-state index in [1.807, 2.05) is 66.9 Å². The number of thioether (sulfide) groups is 1. The van der Waals surface area contributed by atoms with Crippen LogP contribution in [0.3, 0.4) is 0 Å². The van der Waals surface area contributed by atoms with Crippen molar-refractivity contribution in [3.63, 3.8) is 0 Å². The number of benzene rings is 2. The number of thiazole rings is 1. The van der Waals surface area contributed by atoms with Gasteiger partial charge in [-0.1, -0.05) is 45.5 Å². The number of amides is 1. The fourth-order valence-corrected chi connectivity index (χ4v) is 4.95. The lowest BCUT2D eigenvalue weighted by Crippen LogP contribution is -2.31. The Morgan fingerprint density at radius 2 is 1.96 bits per heavy atom. The molecule has 0 aliphatic rings. The number of halogens is 1. The van der Waals surface area contributed by atoms with Crippen LogP contribution in [0.4, 0.5) is 5.13 Å². The predicted molar refractivity (Wildman–Crippen MR) is 120 cm³/mol. The summed E-state index contributed by atoms with van der Waals surface area (Å²) in [4.78, 5) is 25.3. The van der Waals surface area contributed by atoms with Gasteiger partial charge in [-0.2, -0.15) is 0 Å². The smallest absolute Gasteiger partial charge is 0.261 e. The highest BCUT2D eigenvalue weighted by Crippen LogP contribution is 2.33. The molecule has 7 heteroatoms. The Labute approximate surface area is 179 Å². The van der Waals surface area contributed by atoms with Gasteiger partial charge < -0.3 is 0 Å². The lowest BCUT2D eigenvalue weighted by molar-refractivity contribution is 0.0982. The third-order valence-electron chi connectivity index (χ3n) is 4.20. The van der Waals surface area contributed by atoms with E-state index in [0.717, 1.165) is 25.3 Å². The number of carbonyl (C=O) groups is 1. The zero-order valence-corrected chi connectivity index (χ0v) is 18.2. The molecule has 0 unspecified atom stereocenters. The average molecular weight is 470 g/mol. The van der Waals surface area contributed by atoms with E-state index in [2.05, 4.69) is 20.9 Å². The summed E-state index contributed by atoms with van der Waals surface area (Å²) < 4.78 is 2.02. The number of fused-ring (bicyclic) bond motifs is 1. The lowest BCUT2D eigenvalue weighted by Gasteiger charge is -2.20. The van der Waals surface area contributed by atoms with E-state index in [9.17, 15) is 4.79 Å². The summed E-state index contributed by atoms with van der Waals surface area (Å²) in [7, 11) is 0. The molecule has 0 saturated carbocycles. The van der Waals surface area contributed by atoms with Gasteiger partial charge in [0.25, 0.3) is 5.91 Å². The van der Waals surface area contributed by atoms with Gasteiger partial charge in [0, 0.05) is 15.6 Å². The van der Waals surface area contributed by atoms with Crippen LogP contribution in [-0.2, 0) is 6.54 Å². The van der Waals surface area contributed by atoms with Crippen molar-refractivity contribution in [3.05, 3.63) is 82.6 Å². The molecule has 0 radical (unpaired) electrons. The highest BCUT2D eigenvalue weighted by molar-refractivity contribution is 9.10. The molecule has 0 spiro atoms. The minimum absolute atomic E-state index is 0.0753. The molecular weight excluding hydrogens is 454 g/mol. The number of hydrogen-bond acceptors (Lipinski definition) is 5. The molecule has 2 aromatic heterocycles. The number of pyridine rings is 1. The predicted octanol–water partition coefficient (Wildman–Crippen LogP) is 6.02. The number of rotatable bonds is 5. The molecule has 0 bridgehead atoms. The summed E-state index contributed by atoms with van der Waals surface area (Å²) in [5, 5.41) is 0.666. The Balaban J connectivity index is 1.79. The maximum Gasteiger partial charge on any atom is 0.261 e. The molecule has 0 aliphatic heterocycles. The van der Waals surface area contributed by atoms with Gasteiger partial charge in [0.2, 0.25) is 0 Å². The van der Waals surface area contributed by atoms with Crippen LogP contribution < -0.4 is 4.90 Å². The van der Waals surface area contributed by atoms with E-state index in [-0.39, 0.29) is 5.91 Å². The minimum Gasteiger partial charge on any atom is -0.278 e. The Morgan fingerprint density at radius 1 is 1.14 bits per heavy atom. The number of hydrogen-bond donors (Lipinski definition) is 0. The van der Waals surface area contributed by atoms with Gasteiger partial charge in [-0.3, -0.25) is 14.7 Å². The van der Waals surface area contributed by atoms with Crippen LogP contribution in [0.5, 0.6) is 0 Å². The van der Waals surface area contributed by atoms with Crippen molar-refractivity contribution in [3.8, 4) is 0 Å². The molecule has 4 rings (SSSR count).